The van der Waals surface area contributed by atoms with E-state index in [1.807, 2.05) is 0 Å². The predicted octanol–water partition coefficient (Wildman–Crippen LogP) is 1.16. The molecule has 0 spiro atoms. The quantitative estimate of drug-likeness (QED) is 0.648. The van der Waals surface area contributed by atoms with E-state index in [1.165, 1.54) is 10.9 Å². The molecule has 0 bridgehead atoms. The Morgan fingerprint density at radius 3 is 2.75 bits per heavy atom. The molecule has 0 atom stereocenters. The Morgan fingerprint density at radius 2 is 2.15 bits per heavy atom. The average molecular weight is 305 g/mol. The summed E-state index contributed by atoms with van der Waals surface area (Å²) in [5, 5.41) is 9.91. The second-order valence-corrected chi connectivity index (χ2v) is 5.05. The van der Waals surface area contributed by atoms with Gasteiger partial charge in [0.25, 0.3) is 0 Å². The lowest BCUT2D eigenvalue weighted by molar-refractivity contribution is 0.0522. The van der Waals surface area contributed by atoms with E-state index in [4.69, 9.17) is 16.3 Å². The number of carbonyl (C=O) groups is 2. The SMILES string of the molecule is CC(C)(C)OC(=O)NCCn1cc(C(=O)OCCl)nn1. The number of nitrogens with zero attached hydrogens (tertiary/aromatic N) is 3. The number of carbonyl (C=O) groups excluding carboxylic acids is 2. The first kappa shape index (κ1) is 16.2. The van der Waals surface area contributed by atoms with Crippen molar-refractivity contribution in [2.24, 2.45) is 0 Å². The van der Waals surface area contributed by atoms with Gasteiger partial charge >= 0.3 is 12.1 Å². The zero-order valence-corrected chi connectivity index (χ0v) is 12.3. The van der Waals surface area contributed by atoms with Crippen LogP contribution in [0.2, 0.25) is 0 Å². The Labute approximate surface area is 121 Å². The van der Waals surface area contributed by atoms with Gasteiger partial charge in [-0.25, -0.2) is 14.3 Å². The molecule has 0 aliphatic carbocycles. The van der Waals surface area contributed by atoms with Gasteiger partial charge in [-0.2, -0.15) is 0 Å². The molecule has 0 fully saturated rings. The standard InChI is InChI=1S/C11H17ClN4O4/c1-11(2,3)20-10(18)13-4-5-16-6-8(14-15-16)9(17)19-7-12/h6H,4-5,7H2,1-3H3,(H,13,18). The van der Waals surface area contributed by atoms with Crippen molar-refractivity contribution in [2.75, 3.05) is 12.6 Å². The summed E-state index contributed by atoms with van der Waals surface area (Å²) in [6.07, 6.45) is 0.894. The third-order valence-corrected chi connectivity index (χ3v) is 2.05. The third kappa shape index (κ3) is 5.87. The van der Waals surface area contributed by atoms with Crippen LogP contribution in [0.4, 0.5) is 4.79 Å². The number of esters is 1. The van der Waals surface area contributed by atoms with Crippen LogP contribution in [0.15, 0.2) is 6.20 Å². The summed E-state index contributed by atoms with van der Waals surface area (Å²) >= 11 is 5.26. The highest BCUT2D eigenvalue weighted by Gasteiger charge is 2.16. The van der Waals surface area contributed by atoms with E-state index >= 15 is 0 Å². The lowest BCUT2D eigenvalue weighted by Crippen LogP contribution is -2.34. The van der Waals surface area contributed by atoms with Crippen LogP contribution >= 0.6 is 11.6 Å². The monoisotopic (exact) mass is 304 g/mol. The van der Waals surface area contributed by atoms with Gasteiger partial charge in [0.05, 0.1) is 12.7 Å². The minimum absolute atomic E-state index is 0.0583. The second-order valence-electron chi connectivity index (χ2n) is 4.84. The van der Waals surface area contributed by atoms with Crippen molar-refractivity contribution in [1.82, 2.24) is 20.3 Å². The van der Waals surface area contributed by atoms with Gasteiger partial charge in [-0.1, -0.05) is 16.8 Å². The van der Waals surface area contributed by atoms with Crippen molar-refractivity contribution in [3.63, 3.8) is 0 Å². The minimum atomic E-state index is -0.647. The Hall–Kier alpha value is -1.83. The van der Waals surface area contributed by atoms with Crippen LogP contribution in [-0.4, -0.2) is 45.3 Å². The number of rotatable bonds is 5. The molecule has 8 nitrogen and oxygen atoms in total. The molecule has 1 N–H and O–H groups in total. The number of nitrogens with one attached hydrogen (secondary N) is 1. The summed E-state index contributed by atoms with van der Waals surface area (Å²) in [7, 11) is 0. The van der Waals surface area contributed by atoms with Gasteiger partial charge < -0.3 is 14.8 Å². The molecule has 0 aliphatic rings. The number of hydrogen-bond acceptors (Lipinski definition) is 6. The lowest BCUT2D eigenvalue weighted by Gasteiger charge is -2.19. The summed E-state index contributed by atoms with van der Waals surface area (Å²) in [6.45, 7) is 5.97. The van der Waals surface area contributed by atoms with E-state index in [9.17, 15) is 9.59 Å². The Balaban J connectivity index is 2.36. The van der Waals surface area contributed by atoms with Gasteiger partial charge in [-0.15, -0.1) is 5.10 Å². The van der Waals surface area contributed by atoms with Gasteiger partial charge in [0.1, 0.15) is 5.60 Å². The normalized spacial score (nSPS) is 11.0. The van der Waals surface area contributed by atoms with Crippen molar-refractivity contribution in [1.29, 1.82) is 0 Å². The Kier molecular flexibility index (Phi) is 5.75. The Morgan fingerprint density at radius 1 is 1.45 bits per heavy atom. The molecule has 1 amide bonds. The number of alkyl carbamates (subject to hydrolysis) is 1. The first-order chi connectivity index (χ1) is 9.31. The number of alkyl halides is 1. The number of ether oxygens (including phenoxy) is 2. The van der Waals surface area contributed by atoms with Crippen molar-refractivity contribution in [3.8, 4) is 0 Å². The number of amides is 1. The fourth-order valence-electron chi connectivity index (χ4n) is 1.21. The van der Waals surface area contributed by atoms with Gasteiger partial charge in [0.2, 0.25) is 0 Å². The number of halogens is 1. The van der Waals surface area contributed by atoms with E-state index in [-0.39, 0.29) is 11.8 Å². The second kappa shape index (κ2) is 7.09. The van der Waals surface area contributed by atoms with Crippen LogP contribution in [0.5, 0.6) is 0 Å². The Bertz CT molecular complexity index is 469. The summed E-state index contributed by atoms with van der Waals surface area (Å²) in [4.78, 5) is 22.7. The maximum atomic E-state index is 11.4. The average Bonchev–Trinajstić information content (AvgIpc) is 2.75. The number of aromatic nitrogens is 3. The first-order valence-corrected chi connectivity index (χ1v) is 6.45. The van der Waals surface area contributed by atoms with Crippen LogP contribution < -0.4 is 5.32 Å². The minimum Gasteiger partial charge on any atom is -0.445 e. The van der Waals surface area contributed by atoms with Crippen molar-refractivity contribution >= 4 is 23.7 Å². The molecule has 20 heavy (non-hydrogen) atoms. The molecule has 0 unspecified atom stereocenters. The molecular formula is C11H17ClN4O4. The zero-order valence-electron chi connectivity index (χ0n) is 11.6. The molecule has 1 aromatic heterocycles. The molecule has 0 saturated carbocycles. The summed E-state index contributed by atoms with van der Waals surface area (Å²) in [5.74, 6) is -0.647. The summed E-state index contributed by atoms with van der Waals surface area (Å²) < 4.78 is 11.0. The van der Waals surface area contributed by atoms with Crippen molar-refractivity contribution in [2.45, 2.75) is 32.9 Å². The van der Waals surface area contributed by atoms with E-state index in [2.05, 4.69) is 20.4 Å². The fourth-order valence-corrected chi connectivity index (χ4v) is 1.31. The highest BCUT2D eigenvalue weighted by atomic mass is 35.5. The van der Waals surface area contributed by atoms with E-state index in [0.717, 1.165) is 0 Å². The smallest absolute Gasteiger partial charge is 0.407 e. The van der Waals surface area contributed by atoms with Crippen LogP contribution in [-0.2, 0) is 16.0 Å². The van der Waals surface area contributed by atoms with E-state index in [1.54, 1.807) is 20.8 Å². The maximum absolute atomic E-state index is 11.4. The van der Waals surface area contributed by atoms with Crippen LogP contribution in [0.1, 0.15) is 31.3 Å². The molecule has 1 rings (SSSR count). The van der Waals surface area contributed by atoms with Crippen LogP contribution in [0, 0.1) is 0 Å². The van der Waals surface area contributed by atoms with Gasteiger partial charge in [-0.05, 0) is 20.8 Å². The predicted molar refractivity (Wildman–Crippen MR) is 70.4 cm³/mol. The molecule has 9 heteroatoms. The van der Waals surface area contributed by atoms with Gasteiger partial charge in [0.15, 0.2) is 11.8 Å². The summed E-state index contributed by atoms with van der Waals surface area (Å²) in [6, 6.07) is -0.244. The van der Waals surface area contributed by atoms with E-state index in [0.29, 0.717) is 13.1 Å². The van der Waals surface area contributed by atoms with Gasteiger partial charge in [0, 0.05) is 6.54 Å². The van der Waals surface area contributed by atoms with Gasteiger partial charge in [-0.3, -0.25) is 0 Å². The fraction of sp³-hybridized carbons (Fsp3) is 0.636. The van der Waals surface area contributed by atoms with Crippen molar-refractivity contribution < 1.29 is 19.1 Å². The largest absolute Gasteiger partial charge is 0.445 e. The zero-order chi connectivity index (χ0) is 15.2. The van der Waals surface area contributed by atoms with E-state index < -0.39 is 17.7 Å². The molecule has 0 saturated heterocycles. The van der Waals surface area contributed by atoms with Crippen LogP contribution in [0.3, 0.4) is 0 Å². The lowest BCUT2D eigenvalue weighted by atomic mass is 10.2. The maximum Gasteiger partial charge on any atom is 0.407 e. The first-order valence-electron chi connectivity index (χ1n) is 5.92. The molecule has 0 aliphatic heterocycles. The van der Waals surface area contributed by atoms with Crippen LogP contribution in [0.25, 0.3) is 0 Å². The molecule has 0 aromatic carbocycles. The third-order valence-electron chi connectivity index (χ3n) is 1.94. The summed E-state index contributed by atoms with van der Waals surface area (Å²) in [5.41, 5.74) is -0.488. The highest BCUT2D eigenvalue weighted by molar-refractivity contribution is 6.17. The topological polar surface area (TPSA) is 95.3 Å². The molecular weight excluding hydrogens is 288 g/mol. The molecule has 1 heterocycles. The number of hydrogen-bond donors (Lipinski definition) is 1. The molecule has 1 aromatic rings. The molecule has 0 radical (unpaired) electrons. The highest BCUT2D eigenvalue weighted by Crippen LogP contribution is 2.06. The van der Waals surface area contributed by atoms with Crippen molar-refractivity contribution in [3.05, 3.63) is 11.9 Å². The molecule has 112 valence electrons.